The van der Waals surface area contributed by atoms with Crippen LogP contribution in [-0.4, -0.2) is 34.8 Å². The van der Waals surface area contributed by atoms with Crippen molar-refractivity contribution >= 4 is 11.7 Å². The fourth-order valence-corrected chi connectivity index (χ4v) is 1.79. The van der Waals surface area contributed by atoms with Gasteiger partial charge in [0.1, 0.15) is 5.82 Å². The Balaban J connectivity index is 1.92. The number of amides is 1. The van der Waals surface area contributed by atoms with Crippen molar-refractivity contribution in [1.29, 1.82) is 0 Å². The monoisotopic (exact) mass is 251 g/mol. The molecule has 6 nitrogen and oxygen atoms in total. The Morgan fingerprint density at radius 3 is 2.94 bits per heavy atom. The summed E-state index contributed by atoms with van der Waals surface area (Å²) in [5.41, 5.74) is 5.89. The van der Waals surface area contributed by atoms with E-state index in [9.17, 15) is 4.79 Å². The highest BCUT2D eigenvalue weighted by Gasteiger charge is 2.22. The lowest BCUT2D eigenvalue weighted by atomic mass is 10.0. The van der Waals surface area contributed by atoms with Gasteiger partial charge in [-0.2, -0.15) is 5.10 Å². The van der Waals surface area contributed by atoms with E-state index < -0.39 is 0 Å². The molecule has 1 atom stereocenters. The smallest absolute Gasteiger partial charge is 0.227 e. The first kappa shape index (κ1) is 13.0. The normalized spacial score (nSPS) is 17.6. The average molecular weight is 251 g/mol. The van der Waals surface area contributed by atoms with Crippen LogP contribution in [0.5, 0.6) is 0 Å². The molecule has 1 aromatic heterocycles. The number of rotatable bonds is 5. The number of nitrogens with zero attached hydrogens (tertiary/aromatic N) is 2. The molecule has 1 amide bonds. The van der Waals surface area contributed by atoms with E-state index >= 15 is 0 Å². The van der Waals surface area contributed by atoms with Crippen LogP contribution in [0.3, 0.4) is 0 Å². The largest absolute Gasteiger partial charge is 0.327 e. The maximum atomic E-state index is 11.9. The van der Waals surface area contributed by atoms with Gasteiger partial charge in [-0.05, 0) is 5.92 Å². The van der Waals surface area contributed by atoms with Crippen LogP contribution in [-0.2, 0) is 4.79 Å². The van der Waals surface area contributed by atoms with E-state index in [1.54, 1.807) is 6.20 Å². The number of nitrogens with one attached hydrogen (secondary N) is 2. The summed E-state index contributed by atoms with van der Waals surface area (Å²) in [5, 5.41) is 10.3. The summed E-state index contributed by atoms with van der Waals surface area (Å²) in [6.45, 7) is 5.83. The number of carbonyl (C=O) groups is 1. The zero-order valence-corrected chi connectivity index (χ0v) is 10.9. The molecule has 100 valence electrons. The second-order valence-corrected chi connectivity index (χ2v) is 5.13. The van der Waals surface area contributed by atoms with Gasteiger partial charge in [0.05, 0.1) is 12.2 Å². The summed E-state index contributed by atoms with van der Waals surface area (Å²) in [4.78, 5) is 11.9. The van der Waals surface area contributed by atoms with Gasteiger partial charge < -0.3 is 16.4 Å². The molecule has 0 aromatic carbocycles. The second kappa shape index (κ2) is 5.49. The first-order valence-electron chi connectivity index (χ1n) is 6.37. The lowest BCUT2D eigenvalue weighted by molar-refractivity contribution is -0.116. The Kier molecular flexibility index (Phi) is 3.98. The highest BCUT2D eigenvalue weighted by Crippen LogP contribution is 2.17. The molecular weight excluding hydrogens is 230 g/mol. The Bertz CT molecular complexity index is 410. The molecule has 0 aliphatic carbocycles. The van der Waals surface area contributed by atoms with Gasteiger partial charge in [0.2, 0.25) is 5.91 Å². The van der Waals surface area contributed by atoms with Crippen molar-refractivity contribution in [3.05, 3.63) is 12.3 Å². The van der Waals surface area contributed by atoms with Crippen LogP contribution >= 0.6 is 0 Å². The summed E-state index contributed by atoms with van der Waals surface area (Å²) in [6.07, 6.45) is 2.04. The molecule has 0 saturated carbocycles. The number of aromatic nitrogens is 2. The fraction of sp³-hybridized carbons (Fsp3) is 0.667. The van der Waals surface area contributed by atoms with E-state index in [1.165, 1.54) is 0 Å². The first-order valence-corrected chi connectivity index (χ1v) is 6.37. The second-order valence-electron chi connectivity index (χ2n) is 5.13. The van der Waals surface area contributed by atoms with Crippen LogP contribution in [0.25, 0.3) is 0 Å². The van der Waals surface area contributed by atoms with Gasteiger partial charge in [-0.1, -0.05) is 13.8 Å². The third kappa shape index (κ3) is 2.88. The minimum Gasteiger partial charge on any atom is -0.327 e. The third-order valence-electron chi connectivity index (χ3n) is 3.32. The molecule has 4 N–H and O–H groups in total. The molecule has 18 heavy (non-hydrogen) atoms. The van der Waals surface area contributed by atoms with Gasteiger partial charge in [-0.15, -0.1) is 0 Å². The molecule has 1 aliphatic heterocycles. The number of nitrogens with two attached hydrogens (primary N) is 1. The summed E-state index contributed by atoms with van der Waals surface area (Å²) >= 11 is 0. The maximum absolute atomic E-state index is 11.9. The number of hydrogen-bond acceptors (Lipinski definition) is 4. The van der Waals surface area contributed by atoms with Crippen LogP contribution < -0.4 is 16.4 Å². The molecule has 1 fully saturated rings. The summed E-state index contributed by atoms with van der Waals surface area (Å²) in [5.74, 6) is 1.00. The first-order chi connectivity index (χ1) is 8.58. The highest BCUT2D eigenvalue weighted by molar-refractivity contribution is 5.90. The molecule has 0 spiro atoms. The summed E-state index contributed by atoms with van der Waals surface area (Å²) in [7, 11) is 0. The van der Waals surface area contributed by atoms with E-state index in [4.69, 9.17) is 5.73 Å². The molecule has 0 radical (unpaired) electrons. The predicted octanol–water partition coefficient (Wildman–Crippen LogP) is 0.339. The van der Waals surface area contributed by atoms with E-state index in [-0.39, 0.29) is 11.9 Å². The fourth-order valence-electron chi connectivity index (χ4n) is 1.79. The number of hydrogen-bond donors (Lipinski definition) is 3. The minimum absolute atomic E-state index is 0.0507. The molecule has 2 rings (SSSR count). The molecule has 1 unspecified atom stereocenters. The van der Waals surface area contributed by atoms with Crippen molar-refractivity contribution in [2.75, 3.05) is 18.4 Å². The number of anilines is 1. The van der Waals surface area contributed by atoms with Crippen LogP contribution in [0.2, 0.25) is 0 Å². The molecule has 1 aromatic rings. The van der Waals surface area contributed by atoms with Gasteiger partial charge in [0, 0.05) is 31.6 Å². The Morgan fingerprint density at radius 1 is 1.67 bits per heavy atom. The minimum atomic E-state index is -0.105. The molecular formula is C12H21N5O. The van der Waals surface area contributed by atoms with Crippen molar-refractivity contribution in [2.45, 2.75) is 32.4 Å². The zero-order chi connectivity index (χ0) is 13.1. The molecule has 2 heterocycles. The van der Waals surface area contributed by atoms with Gasteiger partial charge >= 0.3 is 0 Å². The zero-order valence-electron chi connectivity index (χ0n) is 10.9. The lowest BCUT2D eigenvalue weighted by Gasteiger charge is -2.28. The maximum Gasteiger partial charge on any atom is 0.227 e. The Labute approximate surface area is 107 Å². The van der Waals surface area contributed by atoms with Crippen molar-refractivity contribution < 1.29 is 4.79 Å². The standard InChI is InChI=1S/C12H21N5O/c1-8(2)10(13)5-12(18)16-11-3-4-15-17(11)9-6-14-7-9/h3-4,8-10,14H,5-7,13H2,1-2H3,(H,16,18). The van der Waals surface area contributed by atoms with Crippen molar-refractivity contribution in [1.82, 2.24) is 15.1 Å². The third-order valence-corrected chi connectivity index (χ3v) is 3.32. The van der Waals surface area contributed by atoms with Gasteiger partial charge in [-0.3, -0.25) is 4.79 Å². The molecule has 6 heteroatoms. The van der Waals surface area contributed by atoms with E-state index in [0.29, 0.717) is 18.4 Å². The Hall–Kier alpha value is -1.40. The van der Waals surface area contributed by atoms with E-state index in [1.807, 2.05) is 24.6 Å². The quantitative estimate of drug-likeness (QED) is 0.704. The predicted molar refractivity (Wildman–Crippen MR) is 70.2 cm³/mol. The van der Waals surface area contributed by atoms with Gasteiger partial charge in [0.25, 0.3) is 0 Å². The topological polar surface area (TPSA) is 85.0 Å². The molecule has 1 aliphatic rings. The number of carbonyl (C=O) groups excluding carboxylic acids is 1. The molecule has 1 saturated heterocycles. The van der Waals surface area contributed by atoms with E-state index in [2.05, 4.69) is 15.7 Å². The average Bonchev–Trinajstić information content (AvgIpc) is 2.63. The van der Waals surface area contributed by atoms with E-state index in [0.717, 1.165) is 18.9 Å². The van der Waals surface area contributed by atoms with Crippen molar-refractivity contribution in [3.63, 3.8) is 0 Å². The van der Waals surface area contributed by atoms with Crippen LogP contribution in [0.4, 0.5) is 5.82 Å². The van der Waals surface area contributed by atoms with Crippen LogP contribution in [0.15, 0.2) is 12.3 Å². The van der Waals surface area contributed by atoms with Crippen LogP contribution in [0.1, 0.15) is 26.3 Å². The van der Waals surface area contributed by atoms with Crippen molar-refractivity contribution in [3.8, 4) is 0 Å². The highest BCUT2D eigenvalue weighted by atomic mass is 16.1. The Morgan fingerprint density at radius 2 is 2.39 bits per heavy atom. The van der Waals surface area contributed by atoms with Gasteiger partial charge in [-0.25, -0.2) is 4.68 Å². The summed E-state index contributed by atoms with van der Waals surface area (Å²) in [6, 6.07) is 2.05. The van der Waals surface area contributed by atoms with Crippen LogP contribution in [0, 0.1) is 5.92 Å². The lowest BCUT2D eigenvalue weighted by Crippen LogP contribution is -2.44. The SMILES string of the molecule is CC(C)C(N)CC(=O)Nc1ccnn1C1CNC1. The van der Waals surface area contributed by atoms with Gasteiger partial charge in [0.15, 0.2) is 0 Å². The molecule has 0 bridgehead atoms. The van der Waals surface area contributed by atoms with Crippen molar-refractivity contribution in [2.24, 2.45) is 11.7 Å². The summed E-state index contributed by atoms with van der Waals surface area (Å²) < 4.78 is 1.86.